The molecule has 0 radical (unpaired) electrons. The molecule has 0 aromatic heterocycles. The van der Waals surface area contributed by atoms with Crippen molar-refractivity contribution < 1.29 is 14.4 Å². The molecule has 0 spiro atoms. The molecular weight excluding hydrogens is 410 g/mol. The first-order chi connectivity index (χ1) is 13.0. The largest absolute Gasteiger partial charge is 0.352 e. The van der Waals surface area contributed by atoms with Crippen molar-refractivity contribution in [1.29, 1.82) is 0 Å². The van der Waals surface area contributed by atoms with Gasteiger partial charge in [0.15, 0.2) is 0 Å². The summed E-state index contributed by atoms with van der Waals surface area (Å²) < 4.78 is 0.892. The van der Waals surface area contributed by atoms with Gasteiger partial charge in [0, 0.05) is 23.1 Å². The van der Waals surface area contributed by atoms with Crippen LogP contribution in [0.3, 0.4) is 0 Å². The molecule has 2 aromatic carbocycles. The van der Waals surface area contributed by atoms with E-state index in [-0.39, 0.29) is 17.7 Å². The van der Waals surface area contributed by atoms with Gasteiger partial charge in [0.1, 0.15) is 12.1 Å². The average Bonchev–Trinajstić information content (AvgIpc) is 2.68. The molecule has 1 aliphatic rings. The number of halogens is 1. The van der Waals surface area contributed by atoms with Gasteiger partial charge in [-0.15, -0.1) is 0 Å². The van der Waals surface area contributed by atoms with Crippen LogP contribution in [0.25, 0.3) is 0 Å². The molecule has 3 rings (SSSR count). The molecule has 1 saturated heterocycles. The molecule has 2 atom stereocenters. The average molecular weight is 430 g/mol. The van der Waals surface area contributed by atoms with E-state index in [0.29, 0.717) is 18.7 Å². The summed E-state index contributed by atoms with van der Waals surface area (Å²) in [4.78, 5) is 39.3. The lowest BCUT2D eigenvalue weighted by Gasteiger charge is -2.36. The first-order valence-corrected chi connectivity index (χ1v) is 9.46. The second kappa shape index (κ2) is 8.35. The highest BCUT2D eigenvalue weighted by molar-refractivity contribution is 9.10. The Morgan fingerprint density at radius 2 is 1.81 bits per heavy atom. The quantitative estimate of drug-likeness (QED) is 0.782. The molecule has 1 fully saturated rings. The van der Waals surface area contributed by atoms with Gasteiger partial charge in [0.05, 0.1) is 0 Å². The Kier molecular flexibility index (Phi) is 5.91. The third kappa shape index (κ3) is 4.36. The molecule has 0 bridgehead atoms. The summed E-state index contributed by atoms with van der Waals surface area (Å²) in [5.41, 5.74) is 1.21. The lowest BCUT2D eigenvalue weighted by Crippen LogP contribution is -2.56. The number of benzene rings is 2. The Hall–Kier alpha value is -2.67. The molecule has 1 aliphatic heterocycles. The molecule has 0 aliphatic carbocycles. The maximum Gasteiger partial charge on any atom is 0.251 e. The number of nitrogens with zero attached hydrogens (tertiary/aromatic N) is 1. The zero-order valence-electron chi connectivity index (χ0n) is 14.8. The molecule has 1 heterocycles. The van der Waals surface area contributed by atoms with Crippen LogP contribution in [0.15, 0.2) is 59.1 Å². The molecule has 2 aromatic rings. The summed E-state index contributed by atoms with van der Waals surface area (Å²) >= 11 is 3.37. The smallest absolute Gasteiger partial charge is 0.251 e. The van der Waals surface area contributed by atoms with Gasteiger partial charge in [-0.1, -0.05) is 46.3 Å². The zero-order valence-corrected chi connectivity index (χ0v) is 16.4. The third-order valence-electron chi connectivity index (χ3n) is 4.43. The predicted octanol–water partition coefficient (Wildman–Crippen LogP) is 2.27. The molecule has 0 saturated carbocycles. The van der Waals surface area contributed by atoms with Crippen molar-refractivity contribution in [3.63, 3.8) is 0 Å². The fraction of sp³-hybridized carbons (Fsp3) is 0.250. The van der Waals surface area contributed by atoms with Crippen molar-refractivity contribution in [3.05, 3.63) is 70.2 Å². The highest BCUT2D eigenvalue weighted by atomic mass is 79.9. The lowest BCUT2D eigenvalue weighted by molar-refractivity contribution is -0.144. The van der Waals surface area contributed by atoms with Crippen LogP contribution in [-0.4, -0.2) is 41.8 Å². The standard InChI is InChI=1S/C20H20BrN3O3/c1-13(23-18(25)15-5-3-2-4-6-15)20(27)24-12-11-22-19(26)17(24)14-7-9-16(21)10-8-14/h2-10,13,17H,11-12H2,1H3,(H,22,26)(H,23,25). The molecule has 140 valence electrons. The van der Waals surface area contributed by atoms with Crippen LogP contribution in [0.5, 0.6) is 0 Å². The monoisotopic (exact) mass is 429 g/mol. The van der Waals surface area contributed by atoms with E-state index in [0.717, 1.165) is 10.0 Å². The number of amides is 3. The minimum Gasteiger partial charge on any atom is -0.352 e. The number of hydrogen-bond acceptors (Lipinski definition) is 3. The van der Waals surface area contributed by atoms with Gasteiger partial charge in [0.25, 0.3) is 5.91 Å². The summed E-state index contributed by atoms with van der Waals surface area (Å²) in [7, 11) is 0. The van der Waals surface area contributed by atoms with Gasteiger partial charge < -0.3 is 15.5 Å². The SMILES string of the molecule is CC(NC(=O)c1ccccc1)C(=O)N1CCNC(=O)C1c1ccc(Br)cc1. The van der Waals surface area contributed by atoms with Gasteiger partial charge in [-0.25, -0.2) is 0 Å². The Labute approximate surface area is 166 Å². The second-order valence-corrected chi connectivity index (χ2v) is 7.25. The number of carbonyl (C=O) groups is 3. The van der Waals surface area contributed by atoms with Crippen LogP contribution in [0.2, 0.25) is 0 Å². The summed E-state index contributed by atoms with van der Waals surface area (Å²) in [5, 5.41) is 5.52. The van der Waals surface area contributed by atoms with E-state index < -0.39 is 12.1 Å². The number of hydrogen-bond donors (Lipinski definition) is 2. The van der Waals surface area contributed by atoms with Crippen molar-refractivity contribution in [2.45, 2.75) is 19.0 Å². The molecule has 6 nitrogen and oxygen atoms in total. The fourth-order valence-corrected chi connectivity index (χ4v) is 3.32. The van der Waals surface area contributed by atoms with Gasteiger partial charge in [0.2, 0.25) is 11.8 Å². The van der Waals surface area contributed by atoms with E-state index in [1.807, 2.05) is 30.3 Å². The van der Waals surface area contributed by atoms with Crippen LogP contribution in [0.1, 0.15) is 28.9 Å². The Bertz CT molecular complexity index is 839. The van der Waals surface area contributed by atoms with E-state index in [1.54, 1.807) is 31.2 Å². The van der Waals surface area contributed by atoms with Crippen LogP contribution < -0.4 is 10.6 Å². The first kappa shape index (κ1) is 19.1. The minimum atomic E-state index is -0.749. The maximum atomic E-state index is 13.0. The van der Waals surface area contributed by atoms with Gasteiger partial charge in [-0.2, -0.15) is 0 Å². The molecule has 7 heteroatoms. The molecule has 3 amide bonds. The topological polar surface area (TPSA) is 78.5 Å². The van der Waals surface area contributed by atoms with E-state index in [2.05, 4.69) is 26.6 Å². The normalized spacial score (nSPS) is 17.8. The maximum absolute atomic E-state index is 13.0. The molecule has 27 heavy (non-hydrogen) atoms. The van der Waals surface area contributed by atoms with Gasteiger partial charge >= 0.3 is 0 Å². The Balaban J connectivity index is 1.77. The fourth-order valence-electron chi connectivity index (χ4n) is 3.06. The Morgan fingerprint density at radius 3 is 2.48 bits per heavy atom. The van der Waals surface area contributed by atoms with Crippen molar-refractivity contribution in [1.82, 2.24) is 15.5 Å². The first-order valence-electron chi connectivity index (χ1n) is 8.67. The van der Waals surface area contributed by atoms with Crippen LogP contribution in [0, 0.1) is 0 Å². The molecule has 2 N–H and O–H groups in total. The van der Waals surface area contributed by atoms with E-state index in [1.165, 1.54) is 4.90 Å². The van der Waals surface area contributed by atoms with E-state index in [4.69, 9.17) is 0 Å². The number of carbonyl (C=O) groups excluding carboxylic acids is 3. The molecule has 2 unspecified atom stereocenters. The highest BCUT2D eigenvalue weighted by Gasteiger charge is 2.36. The summed E-state index contributed by atoms with van der Waals surface area (Å²) in [6.07, 6.45) is 0. The van der Waals surface area contributed by atoms with Crippen molar-refractivity contribution in [2.24, 2.45) is 0 Å². The van der Waals surface area contributed by atoms with Crippen molar-refractivity contribution in [3.8, 4) is 0 Å². The van der Waals surface area contributed by atoms with E-state index in [9.17, 15) is 14.4 Å². The van der Waals surface area contributed by atoms with Crippen molar-refractivity contribution >= 4 is 33.7 Å². The van der Waals surface area contributed by atoms with Gasteiger partial charge in [-0.05, 0) is 36.8 Å². The van der Waals surface area contributed by atoms with Crippen LogP contribution in [-0.2, 0) is 9.59 Å². The summed E-state index contributed by atoms with van der Waals surface area (Å²) in [6, 6.07) is 14.6. The van der Waals surface area contributed by atoms with Crippen molar-refractivity contribution in [2.75, 3.05) is 13.1 Å². The predicted molar refractivity (Wildman–Crippen MR) is 105 cm³/mol. The van der Waals surface area contributed by atoms with Gasteiger partial charge in [-0.3, -0.25) is 14.4 Å². The Morgan fingerprint density at radius 1 is 1.15 bits per heavy atom. The van der Waals surface area contributed by atoms with Crippen LogP contribution in [0.4, 0.5) is 0 Å². The van der Waals surface area contributed by atoms with E-state index >= 15 is 0 Å². The zero-order chi connectivity index (χ0) is 19.4. The number of piperazine rings is 1. The molecular formula is C20H20BrN3O3. The lowest BCUT2D eigenvalue weighted by atomic mass is 10.0. The highest BCUT2D eigenvalue weighted by Crippen LogP contribution is 2.25. The van der Waals surface area contributed by atoms with Crippen LogP contribution >= 0.6 is 15.9 Å². The third-order valence-corrected chi connectivity index (χ3v) is 4.96. The number of nitrogens with one attached hydrogen (secondary N) is 2. The summed E-state index contributed by atoms with van der Waals surface area (Å²) in [6.45, 7) is 2.40. The number of rotatable bonds is 4. The second-order valence-electron chi connectivity index (χ2n) is 6.34. The minimum absolute atomic E-state index is 0.224. The summed E-state index contributed by atoms with van der Waals surface area (Å²) in [5.74, 6) is -0.835.